The van der Waals surface area contributed by atoms with Crippen LogP contribution in [0.3, 0.4) is 0 Å². The van der Waals surface area contributed by atoms with Crippen molar-refractivity contribution in [1.29, 1.82) is 0 Å². The average Bonchev–Trinajstić information content (AvgIpc) is 3.28. The largest absolute Gasteiger partial charge is 0.372 e. The van der Waals surface area contributed by atoms with Crippen LogP contribution in [0.15, 0.2) is 79.0 Å². The summed E-state index contributed by atoms with van der Waals surface area (Å²) in [6, 6.07) is 23.6. The molecule has 4 saturated heterocycles. The van der Waals surface area contributed by atoms with Crippen LogP contribution >= 0.6 is 11.6 Å². The molecule has 0 saturated carbocycles. The highest BCUT2D eigenvalue weighted by atomic mass is 35.5. The quantitative estimate of drug-likeness (QED) is 0.136. The van der Waals surface area contributed by atoms with Crippen molar-refractivity contribution >= 4 is 69.7 Å². The van der Waals surface area contributed by atoms with Crippen molar-refractivity contribution in [3.8, 4) is 0 Å². The number of nitrogens with zero attached hydrogens (tertiary/aromatic N) is 6. The van der Waals surface area contributed by atoms with Crippen LogP contribution < -0.4 is 31.1 Å². The number of para-hydroxylation sites is 1. The summed E-state index contributed by atoms with van der Waals surface area (Å²) in [7, 11) is 1.58. The molecule has 60 heavy (non-hydrogen) atoms. The SMILES string of the molecule is CNC(=O)c1ccccc1Nc1nc(Nc2ccc(N3CCN(C(=O)C4CCN(CC5CCN(c6ccc(C7CCC(=O)NC7=O)cc6)CC5)CC4)CC3)cc2)ncc1Cl. The van der Waals surface area contributed by atoms with Gasteiger partial charge in [0, 0.05) is 82.3 Å². The molecule has 1 unspecified atom stereocenters. The van der Waals surface area contributed by atoms with Gasteiger partial charge in [-0.25, -0.2) is 4.98 Å². The minimum Gasteiger partial charge on any atom is -0.372 e. The number of amides is 4. The Morgan fingerprint density at radius 2 is 1.45 bits per heavy atom. The Hall–Kier alpha value is -5.73. The number of anilines is 6. The van der Waals surface area contributed by atoms with Gasteiger partial charge < -0.3 is 35.6 Å². The van der Waals surface area contributed by atoms with Gasteiger partial charge in [-0.15, -0.1) is 0 Å². The van der Waals surface area contributed by atoms with Crippen molar-refractivity contribution in [3.63, 3.8) is 0 Å². The summed E-state index contributed by atoms with van der Waals surface area (Å²) in [5.74, 6) is 0.950. The molecule has 1 aromatic heterocycles. The van der Waals surface area contributed by atoms with E-state index in [1.54, 1.807) is 25.2 Å². The van der Waals surface area contributed by atoms with Gasteiger partial charge in [-0.05, 0) is 105 Å². The Kier molecular flexibility index (Phi) is 12.8. The number of nitrogens with one attached hydrogen (secondary N) is 4. The smallest absolute Gasteiger partial charge is 0.253 e. The third-order valence-corrected chi connectivity index (χ3v) is 12.7. The fourth-order valence-electron chi connectivity index (χ4n) is 8.93. The summed E-state index contributed by atoms with van der Waals surface area (Å²) in [6.07, 6.45) is 6.61. The van der Waals surface area contributed by atoms with E-state index in [0.717, 1.165) is 88.4 Å². The molecule has 3 aromatic carbocycles. The number of aromatic nitrogens is 2. The van der Waals surface area contributed by atoms with E-state index in [1.165, 1.54) is 11.9 Å². The highest BCUT2D eigenvalue weighted by molar-refractivity contribution is 6.33. The molecule has 15 heteroatoms. The lowest BCUT2D eigenvalue weighted by Crippen LogP contribution is -2.52. The van der Waals surface area contributed by atoms with Gasteiger partial charge in [0.1, 0.15) is 5.02 Å². The molecule has 4 N–H and O–H groups in total. The number of rotatable bonds is 11. The van der Waals surface area contributed by atoms with E-state index in [1.807, 2.05) is 30.3 Å². The summed E-state index contributed by atoms with van der Waals surface area (Å²) < 4.78 is 0. The Labute approximate surface area is 356 Å². The van der Waals surface area contributed by atoms with Crippen molar-refractivity contribution in [2.75, 3.05) is 86.4 Å². The van der Waals surface area contributed by atoms with E-state index in [4.69, 9.17) is 11.6 Å². The third kappa shape index (κ3) is 9.66. The number of hydrogen-bond donors (Lipinski definition) is 4. The van der Waals surface area contributed by atoms with Crippen LogP contribution in [-0.4, -0.2) is 109 Å². The standard InChI is InChI=1S/C45H53ClN10O4/c1-47-42(58)37-4-2-3-5-39(37)50-41-38(46)28-48-45(52-41)49-33-8-12-35(13-9-33)55-24-26-56(27-25-55)44(60)32-18-20-53(21-19-32)29-30-16-22-54(23-17-30)34-10-6-31(7-11-34)36-14-15-40(57)51-43(36)59/h2-13,28,30,32,36H,14-27,29H2,1H3,(H,47,58)(H,51,57,59)(H2,48,49,50,52). The lowest BCUT2D eigenvalue weighted by molar-refractivity contribution is -0.137. The van der Waals surface area contributed by atoms with Gasteiger partial charge in [-0.3, -0.25) is 24.5 Å². The summed E-state index contributed by atoms with van der Waals surface area (Å²) >= 11 is 6.41. The van der Waals surface area contributed by atoms with E-state index >= 15 is 0 Å². The number of imide groups is 1. The van der Waals surface area contributed by atoms with Crippen LogP contribution in [0.25, 0.3) is 0 Å². The molecule has 4 aliphatic heterocycles. The monoisotopic (exact) mass is 832 g/mol. The fourth-order valence-corrected chi connectivity index (χ4v) is 9.06. The van der Waals surface area contributed by atoms with Crippen LogP contribution in [-0.2, 0) is 14.4 Å². The molecule has 1 atom stereocenters. The molecular weight excluding hydrogens is 780 g/mol. The summed E-state index contributed by atoms with van der Waals surface area (Å²) in [5.41, 5.74) is 5.13. The van der Waals surface area contributed by atoms with Crippen molar-refractivity contribution in [2.45, 2.75) is 44.4 Å². The zero-order valence-corrected chi connectivity index (χ0v) is 34.8. The molecule has 4 aromatic rings. The predicted molar refractivity (Wildman–Crippen MR) is 234 cm³/mol. The molecule has 0 spiro atoms. The Bertz CT molecular complexity index is 2160. The molecule has 5 heterocycles. The minimum atomic E-state index is -0.250. The summed E-state index contributed by atoms with van der Waals surface area (Å²) in [6.45, 7) is 8.08. The van der Waals surface area contributed by atoms with Crippen LogP contribution in [0.5, 0.6) is 0 Å². The Balaban J connectivity index is 0.749. The van der Waals surface area contributed by atoms with Crippen LogP contribution in [0, 0.1) is 11.8 Å². The summed E-state index contributed by atoms with van der Waals surface area (Å²) in [5, 5.41) is 11.8. The van der Waals surface area contributed by atoms with E-state index in [0.29, 0.717) is 65.8 Å². The molecule has 4 amide bonds. The average molecular weight is 833 g/mol. The normalized spacial score (nSPS) is 19.5. The maximum Gasteiger partial charge on any atom is 0.253 e. The van der Waals surface area contributed by atoms with Gasteiger partial charge in [0.2, 0.25) is 23.7 Å². The molecular formula is C45H53ClN10O4. The number of piperazine rings is 1. The topological polar surface area (TPSA) is 155 Å². The second-order valence-corrected chi connectivity index (χ2v) is 16.6. The van der Waals surface area contributed by atoms with E-state index in [9.17, 15) is 19.2 Å². The van der Waals surface area contributed by atoms with Gasteiger partial charge in [0.05, 0.1) is 23.4 Å². The number of likely N-dealkylation sites (tertiary alicyclic amines) is 1. The first-order valence-corrected chi connectivity index (χ1v) is 21.5. The Morgan fingerprint density at radius 1 is 0.783 bits per heavy atom. The van der Waals surface area contributed by atoms with E-state index < -0.39 is 0 Å². The number of piperidine rings is 3. The highest BCUT2D eigenvalue weighted by Crippen LogP contribution is 2.31. The van der Waals surface area contributed by atoms with E-state index in [2.05, 4.69) is 75.1 Å². The first kappa shape index (κ1) is 41.0. The molecule has 0 bridgehead atoms. The van der Waals surface area contributed by atoms with Crippen molar-refractivity contribution in [1.82, 2.24) is 30.4 Å². The molecule has 4 aliphatic rings. The van der Waals surface area contributed by atoms with Gasteiger partial charge in [0.25, 0.3) is 5.91 Å². The van der Waals surface area contributed by atoms with Crippen LogP contribution in [0.4, 0.5) is 34.5 Å². The van der Waals surface area contributed by atoms with Gasteiger partial charge in [-0.2, -0.15) is 4.98 Å². The summed E-state index contributed by atoms with van der Waals surface area (Å²) in [4.78, 5) is 68.1. The fraction of sp³-hybridized carbons (Fsp3) is 0.422. The number of carbonyl (C=O) groups excluding carboxylic acids is 4. The maximum absolute atomic E-state index is 13.6. The van der Waals surface area contributed by atoms with Gasteiger partial charge in [-0.1, -0.05) is 35.9 Å². The molecule has 14 nitrogen and oxygen atoms in total. The van der Waals surface area contributed by atoms with E-state index in [-0.39, 0.29) is 29.6 Å². The highest BCUT2D eigenvalue weighted by Gasteiger charge is 2.32. The zero-order valence-electron chi connectivity index (χ0n) is 34.0. The molecule has 0 aliphatic carbocycles. The number of halogens is 1. The molecule has 8 rings (SSSR count). The number of carbonyl (C=O) groups is 4. The second kappa shape index (κ2) is 18.7. The number of hydrogen-bond acceptors (Lipinski definition) is 11. The minimum absolute atomic E-state index is 0.0968. The first-order chi connectivity index (χ1) is 29.2. The molecule has 0 radical (unpaired) electrons. The Morgan fingerprint density at radius 3 is 2.13 bits per heavy atom. The van der Waals surface area contributed by atoms with Gasteiger partial charge in [0.15, 0.2) is 5.82 Å². The van der Waals surface area contributed by atoms with Crippen LogP contribution in [0.2, 0.25) is 5.02 Å². The second-order valence-electron chi connectivity index (χ2n) is 16.2. The predicted octanol–water partition coefficient (Wildman–Crippen LogP) is 5.77. The first-order valence-electron chi connectivity index (χ1n) is 21.1. The number of benzene rings is 3. The van der Waals surface area contributed by atoms with Gasteiger partial charge >= 0.3 is 0 Å². The molecule has 4 fully saturated rings. The van der Waals surface area contributed by atoms with Crippen molar-refractivity contribution in [2.24, 2.45) is 11.8 Å². The molecule has 314 valence electrons. The van der Waals surface area contributed by atoms with Crippen molar-refractivity contribution in [3.05, 3.63) is 95.1 Å². The third-order valence-electron chi connectivity index (χ3n) is 12.4. The zero-order chi connectivity index (χ0) is 41.6. The van der Waals surface area contributed by atoms with Crippen LogP contribution in [0.1, 0.15) is 60.4 Å². The van der Waals surface area contributed by atoms with Crippen molar-refractivity contribution < 1.29 is 19.2 Å². The maximum atomic E-state index is 13.6. The lowest BCUT2D eigenvalue weighted by Gasteiger charge is -2.40. The lowest BCUT2D eigenvalue weighted by atomic mass is 9.90.